The van der Waals surface area contributed by atoms with Crippen LogP contribution in [0, 0.1) is 0 Å². The molecule has 6 rings (SSSR count). The Morgan fingerprint density at radius 2 is 1.91 bits per heavy atom. The van der Waals surface area contributed by atoms with Gasteiger partial charge in [0, 0.05) is 35.3 Å². The van der Waals surface area contributed by atoms with Crippen molar-refractivity contribution in [3.63, 3.8) is 0 Å². The van der Waals surface area contributed by atoms with E-state index in [2.05, 4.69) is 32.3 Å². The first-order valence-corrected chi connectivity index (χ1v) is 10.4. The minimum Gasteiger partial charge on any atom is -0.337 e. The molecule has 2 N–H and O–H groups in total. The number of benzene rings is 2. The SMILES string of the molecule is FC1=CC=C(c2cccc3[nH]c(-c4n[nH]c5ccc(-c6cccnc6)cc45)nc23)C=CC1. The quantitative estimate of drug-likeness (QED) is 0.357. The smallest absolute Gasteiger partial charge is 0.159 e. The Morgan fingerprint density at radius 1 is 0.938 bits per heavy atom. The van der Waals surface area contributed by atoms with E-state index in [1.54, 1.807) is 12.3 Å². The predicted octanol–water partition coefficient (Wildman–Crippen LogP) is 6.36. The Morgan fingerprint density at radius 3 is 2.81 bits per heavy atom. The van der Waals surface area contributed by atoms with Crippen LogP contribution in [0.3, 0.4) is 0 Å². The lowest BCUT2D eigenvalue weighted by molar-refractivity contribution is 0.618. The molecule has 32 heavy (non-hydrogen) atoms. The van der Waals surface area contributed by atoms with Crippen LogP contribution in [0.4, 0.5) is 4.39 Å². The molecule has 2 aromatic carbocycles. The molecule has 0 atom stereocenters. The molecule has 0 saturated heterocycles. The van der Waals surface area contributed by atoms with Gasteiger partial charge in [-0.3, -0.25) is 10.1 Å². The van der Waals surface area contributed by atoms with Crippen LogP contribution in [0.5, 0.6) is 0 Å². The van der Waals surface area contributed by atoms with E-state index < -0.39 is 0 Å². The van der Waals surface area contributed by atoms with E-state index in [4.69, 9.17) is 4.98 Å². The molecule has 5 nitrogen and oxygen atoms in total. The first-order chi connectivity index (χ1) is 15.8. The summed E-state index contributed by atoms with van der Waals surface area (Å²) in [6, 6.07) is 16.1. The second-order valence-corrected chi connectivity index (χ2v) is 7.70. The number of aromatic amines is 2. The number of hydrogen-bond acceptors (Lipinski definition) is 3. The van der Waals surface area contributed by atoms with Gasteiger partial charge < -0.3 is 4.98 Å². The summed E-state index contributed by atoms with van der Waals surface area (Å²) in [7, 11) is 0. The number of aromatic nitrogens is 5. The number of para-hydroxylation sites is 1. The molecule has 3 heterocycles. The predicted molar refractivity (Wildman–Crippen MR) is 125 cm³/mol. The molecule has 154 valence electrons. The molecule has 6 heteroatoms. The van der Waals surface area contributed by atoms with Gasteiger partial charge in [-0.05, 0) is 41.5 Å². The van der Waals surface area contributed by atoms with Crippen molar-refractivity contribution in [2.45, 2.75) is 6.42 Å². The van der Waals surface area contributed by atoms with Gasteiger partial charge in [0.25, 0.3) is 0 Å². The Balaban J connectivity index is 1.49. The van der Waals surface area contributed by atoms with E-state index in [0.29, 0.717) is 12.2 Å². The third-order valence-corrected chi connectivity index (χ3v) is 5.66. The first-order valence-electron chi connectivity index (χ1n) is 10.4. The first kappa shape index (κ1) is 18.4. The van der Waals surface area contributed by atoms with E-state index in [1.165, 1.54) is 6.08 Å². The van der Waals surface area contributed by atoms with Crippen molar-refractivity contribution in [3.05, 3.63) is 96.6 Å². The lowest BCUT2D eigenvalue weighted by Crippen LogP contribution is -1.84. The molecule has 0 aliphatic heterocycles. The number of allylic oxidation sites excluding steroid dienone is 6. The van der Waals surface area contributed by atoms with Crippen LogP contribution in [-0.4, -0.2) is 25.1 Å². The van der Waals surface area contributed by atoms with Crippen LogP contribution in [0.25, 0.3) is 50.2 Å². The molecule has 0 spiro atoms. The Bertz CT molecular complexity index is 1550. The summed E-state index contributed by atoms with van der Waals surface area (Å²) in [5.74, 6) is 0.528. The van der Waals surface area contributed by atoms with Gasteiger partial charge in [-0.15, -0.1) is 0 Å². The van der Waals surface area contributed by atoms with E-state index in [9.17, 15) is 4.39 Å². The van der Waals surface area contributed by atoms with Crippen molar-refractivity contribution in [1.82, 2.24) is 25.1 Å². The molecule has 1 aliphatic carbocycles. The molecule has 0 amide bonds. The number of hydrogen-bond donors (Lipinski definition) is 2. The highest BCUT2D eigenvalue weighted by Crippen LogP contribution is 2.32. The van der Waals surface area contributed by atoms with Crippen molar-refractivity contribution in [1.29, 1.82) is 0 Å². The Kier molecular flexibility index (Phi) is 4.28. The van der Waals surface area contributed by atoms with Gasteiger partial charge >= 0.3 is 0 Å². The van der Waals surface area contributed by atoms with Crippen molar-refractivity contribution < 1.29 is 4.39 Å². The van der Waals surface area contributed by atoms with Crippen LogP contribution in [0.15, 0.2) is 91.1 Å². The fraction of sp³-hybridized carbons (Fsp3) is 0.0385. The molecule has 0 radical (unpaired) electrons. The summed E-state index contributed by atoms with van der Waals surface area (Å²) in [6.45, 7) is 0. The van der Waals surface area contributed by atoms with E-state index in [1.807, 2.05) is 54.7 Å². The molecule has 5 aromatic rings. The van der Waals surface area contributed by atoms with Gasteiger partial charge in [-0.1, -0.05) is 42.5 Å². The number of rotatable bonds is 3. The van der Waals surface area contributed by atoms with Crippen LogP contribution in [0.2, 0.25) is 0 Å². The highest BCUT2D eigenvalue weighted by molar-refractivity contribution is 5.98. The third-order valence-electron chi connectivity index (χ3n) is 5.66. The second kappa shape index (κ2) is 7.42. The average molecular weight is 419 g/mol. The molecular formula is C26H18FN5. The molecular weight excluding hydrogens is 401 g/mol. The lowest BCUT2D eigenvalue weighted by Gasteiger charge is -2.02. The fourth-order valence-corrected chi connectivity index (χ4v) is 4.07. The monoisotopic (exact) mass is 419 g/mol. The number of pyridine rings is 1. The van der Waals surface area contributed by atoms with Gasteiger partial charge in [-0.25, -0.2) is 9.37 Å². The zero-order valence-electron chi connectivity index (χ0n) is 17.0. The van der Waals surface area contributed by atoms with Crippen LogP contribution < -0.4 is 0 Å². The van der Waals surface area contributed by atoms with Gasteiger partial charge in [0.1, 0.15) is 11.5 Å². The third kappa shape index (κ3) is 3.13. The molecule has 0 saturated carbocycles. The molecule has 0 fully saturated rings. The van der Waals surface area contributed by atoms with E-state index >= 15 is 0 Å². The van der Waals surface area contributed by atoms with Gasteiger partial charge in [0.2, 0.25) is 0 Å². The Hall–Kier alpha value is -4.32. The summed E-state index contributed by atoms with van der Waals surface area (Å²) in [6.07, 6.45) is 11.0. The number of halogens is 1. The maximum absolute atomic E-state index is 13.7. The number of fused-ring (bicyclic) bond motifs is 2. The summed E-state index contributed by atoms with van der Waals surface area (Å²) in [4.78, 5) is 12.5. The zero-order valence-corrected chi connectivity index (χ0v) is 17.0. The van der Waals surface area contributed by atoms with E-state index in [0.717, 1.165) is 49.9 Å². The van der Waals surface area contributed by atoms with Gasteiger partial charge in [-0.2, -0.15) is 5.10 Å². The van der Waals surface area contributed by atoms with Crippen LogP contribution in [0.1, 0.15) is 12.0 Å². The maximum atomic E-state index is 13.7. The van der Waals surface area contributed by atoms with Crippen LogP contribution in [-0.2, 0) is 0 Å². The zero-order chi connectivity index (χ0) is 21.5. The number of H-pyrrole nitrogens is 2. The summed E-state index contributed by atoms with van der Waals surface area (Å²) in [5, 5.41) is 8.62. The van der Waals surface area contributed by atoms with Crippen LogP contribution >= 0.6 is 0 Å². The molecule has 3 aromatic heterocycles. The van der Waals surface area contributed by atoms with Crippen molar-refractivity contribution in [2.24, 2.45) is 0 Å². The molecule has 0 bridgehead atoms. The standard InChI is InChI=1S/C26H18FN5/c27-19-6-1-4-16(9-11-19)20-7-2-8-23-24(20)30-26(29-23)25-21-14-17(10-12-22(21)31-32-25)18-5-3-13-28-15-18/h1-5,7-15H,6H2,(H,29,30)(H,31,32). The number of nitrogens with zero attached hydrogens (tertiary/aromatic N) is 3. The summed E-state index contributed by atoms with van der Waals surface area (Å²) < 4.78 is 13.7. The largest absolute Gasteiger partial charge is 0.337 e. The minimum atomic E-state index is -0.154. The fourth-order valence-electron chi connectivity index (χ4n) is 4.07. The van der Waals surface area contributed by atoms with E-state index in [-0.39, 0.29) is 5.83 Å². The molecule has 1 aliphatic rings. The lowest BCUT2D eigenvalue weighted by atomic mass is 10.0. The minimum absolute atomic E-state index is 0.154. The summed E-state index contributed by atoms with van der Waals surface area (Å²) in [5.41, 5.74) is 7.39. The number of nitrogens with one attached hydrogen (secondary N) is 2. The van der Waals surface area contributed by atoms with Crippen molar-refractivity contribution >= 4 is 27.5 Å². The normalized spacial score (nSPS) is 13.9. The molecule has 0 unspecified atom stereocenters. The van der Waals surface area contributed by atoms with Crippen molar-refractivity contribution in [3.8, 4) is 22.6 Å². The summed E-state index contributed by atoms with van der Waals surface area (Å²) >= 11 is 0. The van der Waals surface area contributed by atoms with Gasteiger partial charge in [0.15, 0.2) is 5.82 Å². The van der Waals surface area contributed by atoms with Gasteiger partial charge in [0.05, 0.1) is 16.6 Å². The highest BCUT2D eigenvalue weighted by atomic mass is 19.1. The second-order valence-electron chi connectivity index (χ2n) is 7.70. The maximum Gasteiger partial charge on any atom is 0.159 e. The Labute approximate surface area is 183 Å². The average Bonchev–Trinajstić information content (AvgIpc) is 3.39. The topological polar surface area (TPSA) is 70.2 Å². The van der Waals surface area contributed by atoms with Crippen molar-refractivity contribution in [2.75, 3.05) is 0 Å². The number of imidazole rings is 1. The highest BCUT2D eigenvalue weighted by Gasteiger charge is 2.16.